The maximum atomic E-state index is 5.83. The van der Waals surface area contributed by atoms with Crippen LogP contribution in [-0.4, -0.2) is 42.1 Å². The van der Waals surface area contributed by atoms with Crippen LogP contribution in [0.3, 0.4) is 0 Å². The molecule has 0 spiro atoms. The molecule has 0 saturated heterocycles. The molecule has 0 saturated carbocycles. The van der Waals surface area contributed by atoms with Crippen molar-refractivity contribution in [1.82, 2.24) is 5.32 Å². The van der Waals surface area contributed by atoms with Crippen LogP contribution in [0, 0.1) is 0 Å². The molecule has 27 heavy (non-hydrogen) atoms. The van der Waals surface area contributed by atoms with Crippen LogP contribution in [0.25, 0.3) is 11.1 Å². The highest BCUT2D eigenvalue weighted by molar-refractivity contribution is 5.87. The molecule has 144 valence electrons. The van der Waals surface area contributed by atoms with Crippen molar-refractivity contribution >= 4 is 0 Å². The molecule has 1 heterocycles. The number of rotatable bonds is 5. The fraction of sp³-hybridized carbons (Fsp3) is 0.429. The minimum Gasteiger partial charge on any atom is -0.493 e. The van der Waals surface area contributed by atoms with Crippen molar-refractivity contribution in [3.8, 4) is 39.9 Å². The van der Waals surface area contributed by atoms with E-state index in [1.807, 2.05) is 6.07 Å². The standard InChI is InChI=1S/C21H25NO5/c1-23-15-9-11-8-14-17-12(6-7-22-14)19(25-3)21(27-5)20(26-4)18(17)13(11)10-16(15)24-2/h9-10,14,22H,6-8H2,1-5H3/t14-/m1/s1. The Morgan fingerprint density at radius 3 is 2.11 bits per heavy atom. The molecule has 4 rings (SSSR count). The first-order chi connectivity index (χ1) is 13.2. The van der Waals surface area contributed by atoms with Gasteiger partial charge in [0, 0.05) is 17.2 Å². The monoisotopic (exact) mass is 371 g/mol. The van der Waals surface area contributed by atoms with Crippen molar-refractivity contribution in [2.24, 2.45) is 0 Å². The normalized spacial score (nSPS) is 16.9. The van der Waals surface area contributed by atoms with Gasteiger partial charge in [-0.2, -0.15) is 0 Å². The summed E-state index contributed by atoms with van der Waals surface area (Å²) in [4.78, 5) is 0. The molecule has 1 aliphatic heterocycles. The van der Waals surface area contributed by atoms with E-state index in [4.69, 9.17) is 23.7 Å². The lowest BCUT2D eigenvalue weighted by Crippen LogP contribution is -2.34. The number of hydrogen-bond acceptors (Lipinski definition) is 6. The van der Waals surface area contributed by atoms with Gasteiger partial charge in [-0.25, -0.2) is 0 Å². The molecular weight excluding hydrogens is 346 g/mol. The van der Waals surface area contributed by atoms with Gasteiger partial charge in [0.05, 0.1) is 35.5 Å². The first kappa shape index (κ1) is 17.8. The fourth-order valence-electron chi connectivity index (χ4n) is 4.44. The van der Waals surface area contributed by atoms with Crippen LogP contribution in [0.1, 0.15) is 22.7 Å². The molecule has 0 bridgehead atoms. The lowest BCUT2D eigenvalue weighted by Gasteiger charge is -2.37. The van der Waals surface area contributed by atoms with E-state index in [-0.39, 0.29) is 6.04 Å². The summed E-state index contributed by atoms with van der Waals surface area (Å²) in [6.07, 6.45) is 1.75. The largest absolute Gasteiger partial charge is 0.493 e. The summed E-state index contributed by atoms with van der Waals surface area (Å²) in [5.74, 6) is 3.52. The van der Waals surface area contributed by atoms with Gasteiger partial charge >= 0.3 is 0 Å². The fourth-order valence-corrected chi connectivity index (χ4v) is 4.44. The molecule has 1 atom stereocenters. The number of nitrogens with one attached hydrogen (secondary N) is 1. The Hall–Kier alpha value is -2.60. The highest BCUT2D eigenvalue weighted by Crippen LogP contribution is 2.56. The Kier molecular flexibility index (Phi) is 4.52. The molecule has 2 aromatic carbocycles. The molecule has 0 radical (unpaired) electrons. The van der Waals surface area contributed by atoms with E-state index in [9.17, 15) is 0 Å². The van der Waals surface area contributed by atoms with E-state index in [0.29, 0.717) is 17.2 Å². The van der Waals surface area contributed by atoms with Crippen molar-refractivity contribution < 1.29 is 23.7 Å². The maximum Gasteiger partial charge on any atom is 0.204 e. The minimum atomic E-state index is 0.197. The Bertz CT molecular complexity index is 893. The summed E-state index contributed by atoms with van der Waals surface area (Å²) in [6, 6.07) is 4.29. The number of fused-ring (bicyclic) bond motifs is 2. The van der Waals surface area contributed by atoms with Crippen molar-refractivity contribution in [1.29, 1.82) is 0 Å². The zero-order valence-electron chi connectivity index (χ0n) is 16.4. The SMILES string of the molecule is COc1cc2c(cc1OC)-c1c(OC)c(OC)c(OC)c3c1[C@@H](C2)NCC3. The number of benzene rings is 2. The first-order valence-corrected chi connectivity index (χ1v) is 9.01. The van der Waals surface area contributed by atoms with Gasteiger partial charge < -0.3 is 29.0 Å². The van der Waals surface area contributed by atoms with Crippen LogP contribution >= 0.6 is 0 Å². The minimum absolute atomic E-state index is 0.197. The summed E-state index contributed by atoms with van der Waals surface area (Å²) in [6.45, 7) is 0.894. The second kappa shape index (κ2) is 6.85. The summed E-state index contributed by atoms with van der Waals surface area (Å²) in [5, 5.41) is 3.64. The molecule has 2 aromatic rings. The molecule has 1 N–H and O–H groups in total. The smallest absolute Gasteiger partial charge is 0.204 e. The molecule has 0 amide bonds. The third-order valence-electron chi connectivity index (χ3n) is 5.54. The topological polar surface area (TPSA) is 58.2 Å². The zero-order chi connectivity index (χ0) is 19.1. The van der Waals surface area contributed by atoms with Gasteiger partial charge in [-0.05, 0) is 48.2 Å². The van der Waals surface area contributed by atoms with Crippen LogP contribution in [0.2, 0.25) is 0 Å². The van der Waals surface area contributed by atoms with Crippen molar-refractivity contribution in [2.75, 3.05) is 42.1 Å². The first-order valence-electron chi connectivity index (χ1n) is 9.01. The van der Waals surface area contributed by atoms with Gasteiger partial charge in [0.25, 0.3) is 0 Å². The van der Waals surface area contributed by atoms with E-state index >= 15 is 0 Å². The third-order valence-corrected chi connectivity index (χ3v) is 5.54. The van der Waals surface area contributed by atoms with E-state index in [2.05, 4.69) is 11.4 Å². The average molecular weight is 371 g/mol. The molecule has 0 aromatic heterocycles. The maximum absolute atomic E-state index is 5.83. The van der Waals surface area contributed by atoms with Crippen molar-refractivity contribution in [3.63, 3.8) is 0 Å². The van der Waals surface area contributed by atoms with Gasteiger partial charge in [-0.1, -0.05) is 0 Å². The molecular formula is C21H25NO5. The molecule has 6 nitrogen and oxygen atoms in total. The Morgan fingerprint density at radius 2 is 1.48 bits per heavy atom. The quantitative estimate of drug-likeness (QED) is 0.871. The molecule has 0 fully saturated rings. The Balaban J connectivity index is 2.10. The van der Waals surface area contributed by atoms with Crippen LogP contribution in [0.4, 0.5) is 0 Å². The number of hydrogen-bond donors (Lipinski definition) is 1. The van der Waals surface area contributed by atoms with Gasteiger partial charge in [0.2, 0.25) is 5.75 Å². The third kappa shape index (κ3) is 2.51. The predicted molar refractivity (Wildman–Crippen MR) is 103 cm³/mol. The second-order valence-electron chi connectivity index (χ2n) is 6.69. The zero-order valence-corrected chi connectivity index (χ0v) is 16.4. The summed E-state index contributed by atoms with van der Waals surface area (Å²) < 4.78 is 28.4. The van der Waals surface area contributed by atoms with Crippen LogP contribution in [0.15, 0.2) is 12.1 Å². The lowest BCUT2D eigenvalue weighted by atomic mass is 9.76. The van der Waals surface area contributed by atoms with Gasteiger partial charge in [0.15, 0.2) is 23.0 Å². The summed E-state index contributed by atoms with van der Waals surface area (Å²) >= 11 is 0. The molecule has 0 unspecified atom stereocenters. The predicted octanol–water partition coefficient (Wildman–Crippen LogP) is 3.14. The van der Waals surface area contributed by atoms with E-state index in [1.165, 1.54) is 16.7 Å². The van der Waals surface area contributed by atoms with E-state index < -0.39 is 0 Å². The number of methoxy groups -OCH3 is 5. The summed E-state index contributed by atoms with van der Waals surface area (Å²) in [7, 11) is 8.31. The Labute approximate surface area is 159 Å². The highest BCUT2D eigenvalue weighted by Gasteiger charge is 2.37. The van der Waals surface area contributed by atoms with Gasteiger partial charge in [0.1, 0.15) is 0 Å². The second-order valence-corrected chi connectivity index (χ2v) is 6.69. The molecule has 6 heteroatoms. The van der Waals surface area contributed by atoms with Crippen LogP contribution in [0.5, 0.6) is 28.7 Å². The van der Waals surface area contributed by atoms with Crippen molar-refractivity contribution in [3.05, 3.63) is 28.8 Å². The summed E-state index contributed by atoms with van der Waals surface area (Å²) in [5.41, 5.74) is 5.74. The van der Waals surface area contributed by atoms with Gasteiger partial charge in [-0.3, -0.25) is 0 Å². The van der Waals surface area contributed by atoms with E-state index in [1.54, 1.807) is 35.5 Å². The highest BCUT2D eigenvalue weighted by atomic mass is 16.5. The van der Waals surface area contributed by atoms with Crippen LogP contribution in [-0.2, 0) is 12.8 Å². The Morgan fingerprint density at radius 1 is 0.815 bits per heavy atom. The number of ether oxygens (including phenoxy) is 5. The molecule has 1 aliphatic carbocycles. The van der Waals surface area contributed by atoms with Gasteiger partial charge in [-0.15, -0.1) is 0 Å². The molecule has 2 aliphatic rings. The lowest BCUT2D eigenvalue weighted by molar-refractivity contribution is 0.318. The van der Waals surface area contributed by atoms with Crippen LogP contribution < -0.4 is 29.0 Å². The van der Waals surface area contributed by atoms with E-state index in [0.717, 1.165) is 42.0 Å². The van der Waals surface area contributed by atoms with Crippen molar-refractivity contribution in [2.45, 2.75) is 18.9 Å². The average Bonchev–Trinajstić information content (AvgIpc) is 2.71.